The van der Waals surface area contributed by atoms with Gasteiger partial charge in [-0.25, -0.2) is 4.79 Å². The van der Waals surface area contributed by atoms with Crippen molar-refractivity contribution in [1.82, 2.24) is 9.78 Å². The number of amides is 2. The smallest absolute Gasteiger partial charge is 0.359 e. The number of fused-ring (bicyclic) bond motifs is 2. The molecule has 0 saturated heterocycles. The second-order valence-electron chi connectivity index (χ2n) is 8.00. The summed E-state index contributed by atoms with van der Waals surface area (Å²) in [5.74, 6) is -2.07. The van der Waals surface area contributed by atoms with E-state index in [9.17, 15) is 19.2 Å². The molecule has 176 valence electrons. The summed E-state index contributed by atoms with van der Waals surface area (Å²) in [5, 5.41) is 7.86. The number of hydrogen-bond acceptors (Lipinski definition) is 7. The molecule has 0 aliphatic heterocycles. The zero-order valence-corrected chi connectivity index (χ0v) is 19.3. The average Bonchev–Trinajstić information content (AvgIpc) is 3.44. The Hall–Kier alpha value is -4.31. The van der Waals surface area contributed by atoms with Gasteiger partial charge in [0.05, 0.1) is 16.6 Å². The van der Waals surface area contributed by atoms with Gasteiger partial charge in [-0.05, 0) is 43.0 Å². The average molecular weight is 489 g/mol. The second-order valence-corrected chi connectivity index (χ2v) is 9.10. The second kappa shape index (κ2) is 9.15. The molecule has 9 nitrogen and oxygen atoms in total. The van der Waals surface area contributed by atoms with Gasteiger partial charge in [0.15, 0.2) is 12.3 Å². The molecule has 2 amide bonds. The maximum Gasteiger partial charge on any atom is 0.359 e. The number of nitrogens with one attached hydrogen (secondary N) is 1. The molecule has 0 spiro atoms. The van der Waals surface area contributed by atoms with E-state index in [2.05, 4.69) is 10.4 Å². The predicted octanol–water partition coefficient (Wildman–Crippen LogP) is 2.83. The minimum atomic E-state index is -0.857. The standard InChI is InChI=1S/C25H20N4O5S/c26-22(31)20-17-11-6-12-18(17)35-23(20)27-19(30)13-34-25(33)21-15-9-4-5-10-16(15)24(32)29(28-21)14-7-2-1-3-8-14/h1-5,7-10H,6,11-13H2,(H2,26,31)(H,27,30). The molecule has 2 heterocycles. The minimum Gasteiger partial charge on any atom is -0.451 e. The van der Waals surface area contributed by atoms with Gasteiger partial charge in [0.25, 0.3) is 17.4 Å². The first-order valence-electron chi connectivity index (χ1n) is 10.9. The van der Waals surface area contributed by atoms with Crippen LogP contribution in [0.2, 0.25) is 0 Å². The fourth-order valence-electron chi connectivity index (χ4n) is 4.20. The first-order chi connectivity index (χ1) is 16.9. The van der Waals surface area contributed by atoms with Crippen molar-refractivity contribution in [2.45, 2.75) is 19.3 Å². The molecule has 10 heteroatoms. The van der Waals surface area contributed by atoms with Gasteiger partial charge in [-0.3, -0.25) is 14.4 Å². The molecule has 4 aromatic rings. The number of nitrogens with zero attached hydrogens (tertiary/aromatic N) is 2. The number of aryl methyl sites for hydroxylation is 1. The van der Waals surface area contributed by atoms with Crippen molar-refractivity contribution >= 4 is 44.9 Å². The van der Waals surface area contributed by atoms with Crippen molar-refractivity contribution < 1.29 is 19.1 Å². The molecule has 35 heavy (non-hydrogen) atoms. The molecule has 0 saturated carbocycles. The number of carbonyl (C=O) groups is 3. The number of nitrogens with two attached hydrogens (primary N) is 1. The Morgan fingerprint density at radius 2 is 1.74 bits per heavy atom. The predicted molar refractivity (Wildman–Crippen MR) is 131 cm³/mol. The van der Waals surface area contributed by atoms with E-state index in [0.717, 1.165) is 34.4 Å². The maximum absolute atomic E-state index is 13.0. The van der Waals surface area contributed by atoms with Crippen LogP contribution in [-0.2, 0) is 22.4 Å². The third-order valence-electron chi connectivity index (χ3n) is 5.75. The van der Waals surface area contributed by atoms with Crippen molar-refractivity contribution in [2.24, 2.45) is 5.73 Å². The van der Waals surface area contributed by atoms with Crippen LogP contribution in [0.4, 0.5) is 5.00 Å². The van der Waals surface area contributed by atoms with E-state index in [4.69, 9.17) is 10.5 Å². The van der Waals surface area contributed by atoms with E-state index < -0.39 is 24.4 Å². The summed E-state index contributed by atoms with van der Waals surface area (Å²) in [7, 11) is 0. The number of hydrogen-bond donors (Lipinski definition) is 2. The zero-order valence-electron chi connectivity index (χ0n) is 18.4. The molecule has 1 aliphatic rings. The van der Waals surface area contributed by atoms with Gasteiger partial charge in [0, 0.05) is 10.3 Å². The molecule has 0 bridgehead atoms. The molecule has 3 N–H and O–H groups in total. The van der Waals surface area contributed by atoms with E-state index in [0.29, 0.717) is 27.0 Å². The molecule has 0 fully saturated rings. The molecule has 2 aromatic heterocycles. The summed E-state index contributed by atoms with van der Waals surface area (Å²) in [4.78, 5) is 51.4. The third-order valence-corrected chi connectivity index (χ3v) is 6.96. The van der Waals surface area contributed by atoms with E-state index in [-0.39, 0.29) is 11.3 Å². The van der Waals surface area contributed by atoms with Gasteiger partial charge in [0.1, 0.15) is 5.00 Å². The highest BCUT2D eigenvalue weighted by Gasteiger charge is 2.26. The topological polar surface area (TPSA) is 133 Å². The first kappa shape index (κ1) is 22.5. The van der Waals surface area contributed by atoms with Crippen molar-refractivity contribution in [3.05, 3.63) is 86.6 Å². The molecule has 0 radical (unpaired) electrons. The number of rotatable bonds is 6. The van der Waals surface area contributed by atoms with Crippen molar-refractivity contribution in [1.29, 1.82) is 0 Å². The lowest BCUT2D eigenvalue weighted by atomic mass is 10.1. The fraction of sp³-hybridized carbons (Fsp3) is 0.160. The Balaban J connectivity index is 1.39. The lowest BCUT2D eigenvalue weighted by molar-refractivity contribution is -0.119. The highest BCUT2D eigenvalue weighted by atomic mass is 32.1. The first-order valence-corrected chi connectivity index (χ1v) is 11.7. The van der Waals surface area contributed by atoms with Gasteiger partial charge < -0.3 is 15.8 Å². The molecule has 0 atom stereocenters. The molecular formula is C25H20N4O5S. The van der Waals surface area contributed by atoms with Crippen LogP contribution in [0.25, 0.3) is 16.5 Å². The van der Waals surface area contributed by atoms with Crippen molar-refractivity contribution in [2.75, 3.05) is 11.9 Å². The van der Waals surface area contributed by atoms with Crippen molar-refractivity contribution in [3.63, 3.8) is 0 Å². The van der Waals surface area contributed by atoms with Crippen LogP contribution in [-0.4, -0.2) is 34.2 Å². The molecule has 0 unspecified atom stereocenters. The Morgan fingerprint density at radius 3 is 2.49 bits per heavy atom. The summed E-state index contributed by atoms with van der Waals surface area (Å²) in [5.41, 5.74) is 6.74. The normalized spacial score (nSPS) is 12.3. The number of carbonyl (C=O) groups excluding carboxylic acids is 3. The van der Waals surface area contributed by atoms with Crippen LogP contribution >= 0.6 is 11.3 Å². The number of para-hydroxylation sites is 1. The molecule has 2 aromatic carbocycles. The Labute approximate surface area is 203 Å². The zero-order chi connectivity index (χ0) is 24.5. The molecule has 5 rings (SSSR count). The Bertz CT molecular complexity index is 1540. The summed E-state index contributed by atoms with van der Waals surface area (Å²) in [6, 6.07) is 15.3. The van der Waals surface area contributed by atoms with Gasteiger partial charge in [0.2, 0.25) is 0 Å². The number of esters is 1. The summed E-state index contributed by atoms with van der Waals surface area (Å²) in [6.07, 6.45) is 2.52. The Morgan fingerprint density at radius 1 is 1.03 bits per heavy atom. The number of anilines is 1. The number of benzene rings is 2. The third kappa shape index (κ3) is 4.19. The SMILES string of the molecule is NC(=O)c1c(NC(=O)COC(=O)c2nn(-c3ccccc3)c(=O)c3ccccc23)sc2c1CCC2. The van der Waals surface area contributed by atoms with E-state index >= 15 is 0 Å². The van der Waals surface area contributed by atoms with Gasteiger partial charge in [-0.1, -0.05) is 36.4 Å². The summed E-state index contributed by atoms with van der Waals surface area (Å²) < 4.78 is 6.37. The van der Waals surface area contributed by atoms with Gasteiger partial charge >= 0.3 is 5.97 Å². The fourth-order valence-corrected chi connectivity index (χ4v) is 5.51. The van der Waals surface area contributed by atoms with Gasteiger partial charge in [-0.2, -0.15) is 9.78 Å². The highest BCUT2D eigenvalue weighted by Crippen LogP contribution is 2.38. The van der Waals surface area contributed by atoms with Crippen molar-refractivity contribution in [3.8, 4) is 5.69 Å². The van der Waals surface area contributed by atoms with Crippen LogP contribution in [0.1, 0.15) is 37.7 Å². The largest absolute Gasteiger partial charge is 0.451 e. The van der Waals surface area contributed by atoms with Crippen LogP contribution in [0.3, 0.4) is 0 Å². The molecular weight excluding hydrogens is 468 g/mol. The van der Waals surface area contributed by atoms with E-state index in [1.807, 2.05) is 0 Å². The summed E-state index contributed by atoms with van der Waals surface area (Å²) >= 11 is 1.32. The quantitative estimate of drug-likeness (QED) is 0.401. The van der Waals surface area contributed by atoms with E-state index in [1.165, 1.54) is 11.3 Å². The summed E-state index contributed by atoms with van der Waals surface area (Å²) in [6.45, 7) is -0.597. The monoisotopic (exact) mass is 488 g/mol. The minimum absolute atomic E-state index is 0.0928. The number of thiophene rings is 1. The van der Waals surface area contributed by atoms with E-state index in [1.54, 1.807) is 54.6 Å². The maximum atomic E-state index is 13.0. The van der Waals surface area contributed by atoms with Crippen LogP contribution in [0.5, 0.6) is 0 Å². The lowest BCUT2D eigenvalue weighted by Crippen LogP contribution is -2.27. The van der Waals surface area contributed by atoms with Crippen LogP contribution < -0.4 is 16.6 Å². The van der Waals surface area contributed by atoms with Crippen LogP contribution in [0, 0.1) is 0 Å². The lowest BCUT2D eigenvalue weighted by Gasteiger charge is -2.11. The Kier molecular flexibility index (Phi) is 5.87. The number of ether oxygens (including phenoxy) is 1. The van der Waals surface area contributed by atoms with Gasteiger partial charge in [-0.15, -0.1) is 11.3 Å². The highest BCUT2D eigenvalue weighted by molar-refractivity contribution is 7.17. The van der Waals surface area contributed by atoms with Crippen LogP contribution in [0.15, 0.2) is 59.4 Å². The number of aromatic nitrogens is 2. The number of primary amides is 1. The molecule has 1 aliphatic carbocycles.